The van der Waals surface area contributed by atoms with Gasteiger partial charge in [0.15, 0.2) is 5.79 Å². The Morgan fingerprint density at radius 2 is 2.25 bits per heavy atom. The minimum atomic E-state index is -0.444. The second kappa shape index (κ2) is 2.54. The molecule has 1 saturated heterocycles. The SMILES string of the molecule is CC1(C)OC[C@H]([C@@H]2CC2C=O)O1. The summed E-state index contributed by atoms with van der Waals surface area (Å²) in [5.74, 6) is 0.206. The van der Waals surface area contributed by atoms with Gasteiger partial charge in [0.1, 0.15) is 6.29 Å². The molecule has 3 atom stereocenters. The first-order valence-electron chi connectivity index (χ1n) is 4.39. The lowest BCUT2D eigenvalue weighted by Gasteiger charge is -2.16. The van der Waals surface area contributed by atoms with Crippen molar-refractivity contribution in [2.45, 2.75) is 32.2 Å². The van der Waals surface area contributed by atoms with Crippen molar-refractivity contribution < 1.29 is 14.3 Å². The number of rotatable bonds is 2. The summed E-state index contributed by atoms with van der Waals surface area (Å²) in [6.07, 6.45) is 2.16. The molecule has 0 N–H and O–H groups in total. The van der Waals surface area contributed by atoms with Crippen molar-refractivity contribution in [3.8, 4) is 0 Å². The van der Waals surface area contributed by atoms with E-state index in [9.17, 15) is 4.79 Å². The lowest BCUT2D eigenvalue weighted by molar-refractivity contribution is -0.141. The first-order valence-corrected chi connectivity index (χ1v) is 4.39. The van der Waals surface area contributed by atoms with Gasteiger partial charge in [-0.25, -0.2) is 0 Å². The van der Waals surface area contributed by atoms with E-state index in [1.807, 2.05) is 13.8 Å². The van der Waals surface area contributed by atoms with E-state index in [0.29, 0.717) is 12.5 Å². The van der Waals surface area contributed by atoms with Crippen LogP contribution < -0.4 is 0 Å². The van der Waals surface area contributed by atoms with Gasteiger partial charge in [-0.3, -0.25) is 0 Å². The van der Waals surface area contributed by atoms with Crippen LogP contribution in [0.25, 0.3) is 0 Å². The van der Waals surface area contributed by atoms with Gasteiger partial charge in [-0.05, 0) is 26.2 Å². The molecule has 3 nitrogen and oxygen atoms in total. The maximum atomic E-state index is 10.4. The average molecular weight is 170 g/mol. The van der Waals surface area contributed by atoms with Crippen LogP contribution in [0.1, 0.15) is 20.3 Å². The quantitative estimate of drug-likeness (QED) is 0.579. The van der Waals surface area contributed by atoms with E-state index < -0.39 is 5.79 Å². The molecule has 0 bridgehead atoms. The van der Waals surface area contributed by atoms with Gasteiger partial charge in [-0.1, -0.05) is 0 Å². The third-order valence-corrected chi connectivity index (χ3v) is 2.57. The molecule has 0 aromatic carbocycles. The summed E-state index contributed by atoms with van der Waals surface area (Å²) in [5, 5.41) is 0. The summed E-state index contributed by atoms with van der Waals surface area (Å²) in [6.45, 7) is 4.46. The Morgan fingerprint density at radius 3 is 2.67 bits per heavy atom. The Hall–Kier alpha value is -0.410. The summed E-state index contributed by atoms with van der Waals surface area (Å²) >= 11 is 0. The van der Waals surface area contributed by atoms with Gasteiger partial charge in [0, 0.05) is 5.92 Å². The van der Waals surface area contributed by atoms with Gasteiger partial charge in [0.05, 0.1) is 12.7 Å². The van der Waals surface area contributed by atoms with Crippen LogP contribution in [-0.2, 0) is 14.3 Å². The number of hydrogen-bond donors (Lipinski definition) is 0. The van der Waals surface area contributed by atoms with Crippen molar-refractivity contribution >= 4 is 6.29 Å². The number of carbonyl (C=O) groups excluding carboxylic acids is 1. The van der Waals surface area contributed by atoms with E-state index >= 15 is 0 Å². The highest BCUT2D eigenvalue weighted by Crippen LogP contribution is 2.44. The van der Waals surface area contributed by atoms with Crippen LogP contribution in [0.4, 0.5) is 0 Å². The molecule has 0 aromatic heterocycles. The molecule has 1 heterocycles. The van der Waals surface area contributed by atoms with Crippen molar-refractivity contribution in [1.29, 1.82) is 0 Å². The van der Waals surface area contributed by atoms with Gasteiger partial charge in [0.2, 0.25) is 0 Å². The van der Waals surface area contributed by atoms with Gasteiger partial charge >= 0.3 is 0 Å². The van der Waals surface area contributed by atoms with Crippen LogP contribution in [0.3, 0.4) is 0 Å². The smallest absolute Gasteiger partial charge is 0.163 e. The Morgan fingerprint density at radius 1 is 1.50 bits per heavy atom. The van der Waals surface area contributed by atoms with Crippen molar-refractivity contribution in [3.05, 3.63) is 0 Å². The lowest BCUT2D eigenvalue weighted by Crippen LogP contribution is -2.22. The van der Waals surface area contributed by atoms with E-state index in [1.54, 1.807) is 0 Å². The molecule has 0 spiro atoms. The molecule has 1 unspecified atom stereocenters. The summed E-state index contributed by atoms with van der Waals surface area (Å²) in [5.41, 5.74) is 0. The predicted octanol–water partition coefficient (Wildman–Crippen LogP) is 0.973. The van der Waals surface area contributed by atoms with E-state index in [1.165, 1.54) is 0 Å². The van der Waals surface area contributed by atoms with Crippen LogP contribution in [0, 0.1) is 11.8 Å². The standard InChI is InChI=1S/C9H14O3/c1-9(2)11-5-8(12-9)7-3-6(7)4-10/h4,6-8H,3,5H2,1-2H3/t6?,7-,8-/m1/s1. The molecular formula is C9H14O3. The number of ether oxygens (including phenoxy) is 2. The molecule has 1 saturated carbocycles. The largest absolute Gasteiger partial charge is 0.348 e. The summed E-state index contributed by atoms with van der Waals surface area (Å²) in [6, 6.07) is 0. The molecule has 2 fully saturated rings. The Balaban J connectivity index is 1.89. The normalized spacial score (nSPS) is 44.3. The van der Waals surface area contributed by atoms with Gasteiger partial charge in [-0.2, -0.15) is 0 Å². The Labute approximate surface area is 72.0 Å². The second-order valence-electron chi connectivity index (χ2n) is 4.07. The van der Waals surface area contributed by atoms with E-state index in [0.717, 1.165) is 12.7 Å². The summed E-state index contributed by atoms with van der Waals surface area (Å²) < 4.78 is 11.0. The summed E-state index contributed by atoms with van der Waals surface area (Å²) in [7, 11) is 0. The van der Waals surface area contributed by atoms with Crippen LogP contribution >= 0.6 is 0 Å². The van der Waals surface area contributed by atoms with Crippen LogP contribution in [0.2, 0.25) is 0 Å². The topological polar surface area (TPSA) is 35.5 Å². The molecule has 0 amide bonds. The number of hydrogen-bond acceptors (Lipinski definition) is 3. The molecule has 2 aliphatic rings. The van der Waals surface area contributed by atoms with Crippen molar-refractivity contribution in [1.82, 2.24) is 0 Å². The maximum absolute atomic E-state index is 10.4. The molecule has 68 valence electrons. The molecule has 3 heteroatoms. The third-order valence-electron chi connectivity index (χ3n) is 2.57. The molecule has 12 heavy (non-hydrogen) atoms. The molecule has 2 rings (SSSR count). The van der Waals surface area contributed by atoms with Crippen LogP contribution in [0.15, 0.2) is 0 Å². The molecule has 0 radical (unpaired) electrons. The van der Waals surface area contributed by atoms with E-state index in [-0.39, 0.29) is 12.0 Å². The maximum Gasteiger partial charge on any atom is 0.163 e. The zero-order valence-electron chi connectivity index (χ0n) is 7.45. The number of carbonyl (C=O) groups is 1. The highest BCUT2D eigenvalue weighted by molar-refractivity contribution is 5.58. The zero-order valence-corrected chi connectivity index (χ0v) is 7.45. The van der Waals surface area contributed by atoms with Crippen molar-refractivity contribution in [3.63, 3.8) is 0 Å². The van der Waals surface area contributed by atoms with Crippen LogP contribution in [0.5, 0.6) is 0 Å². The minimum absolute atomic E-state index is 0.148. The predicted molar refractivity (Wildman–Crippen MR) is 42.6 cm³/mol. The van der Waals surface area contributed by atoms with Gasteiger partial charge < -0.3 is 14.3 Å². The molecule has 1 aliphatic heterocycles. The first kappa shape index (κ1) is 8.20. The Bertz CT molecular complexity index is 200. The van der Waals surface area contributed by atoms with Crippen molar-refractivity contribution in [2.24, 2.45) is 11.8 Å². The van der Waals surface area contributed by atoms with Gasteiger partial charge in [-0.15, -0.1) is 0 Å². The third kappa shape index (κ3) is 1.39. The summed E-state index contributed by atoms with van der Waals surface area (Å²) in [4.78, 5) is 10.4. The minimum Gasteiger partial charge on any atom is -0.348 e. The van der Waals surface area contributed by atoms with E-state index in [4.69, 9.17) is 9.47 Å². The van der Waals surface area contributed by atoms with Crippen LogP contribution in [-0.4, -0.2) is 24.8 Å². The fraction of sp³-hybridized carbons (Fsp3) is 0.889. The van der Waals surface area contributed by atoms with Crippen molar-refractivity contribution in [2.75, 3.05) is 6.61 Å². The molecule has 1 aliphatic carbocycles. The first-order chi connectivity index (χ1) is 5.62. The highest BCUT2D eigenvalue weighted by Gasteiger charge is 2.48. The molecular weight excluding hydrogens is 156 g/mol. The average Bonchev–Trinajstić information content (AvgIpc) is 2.70. The fourth-order valence-electron chi connectivity index (χ4n) is 1.75. The zero-order chi connectivity index (χ0) is 8.77. The van der Waals surface area contributed by atoms with E-state index in [2.05, 4.69) is 0 Å². The highest BCUT2D eigenvalue weighted by atomic mass is 16.7. The fourth-order valence-corrected chi connectivity index (χ4v) is 1.75. The molecule has 0 aromatic rings. The van der Waals surface area contributed by atoms with Gasteiger partial charge in [0.25, 0.3) is 0 Å². The monoisotopic (exact) mass is 170 g/mol. The lowest BCUT2D eigenvalue weighted by atomic mass is 10.2. The second-order valence-corrected chi connectivity index (χ2v) is 4.07. The Kier molecular flexibility index (Phi) is 1.73. The number of aldehydes is 1.